The van der Waals surface area contributed by atoms with E-state index in [2.05, 4.69) is 51.7 Å². The van der Waals surface area contributed by atoms with Gasteiger partial charge >= 0.3 is 0 Å². The van der Waals surface area contributed by atoms with Gasteiger partial charge in [0.2, 0.25) is 0 Å². The number of fused-ring (bicyclic) bond motifs is 1. The molecule has 0 aliphatic carbocycles. The Labute approximate surface area is 159 Å². The van der Waals surface area contributed by atoms with E-state index in [0.717, 1.165) is 29.1 Å². The van der Waals surface area contributed by atoms with Crippen LogP contribution in [0.3, 0.4) is 0 Å². The molecule has 0 atom stereocenters. The summed E-state index contributed by atoms with van der Waals surface area (Å²) < 4.78 is 2.05. The van der Waals surface area contributed by atoms with E-state index < -0.39 is 0 Å². The predicted molar refractivity (Wildman–Crippen MR) is 110 cm³/mol. The molecule has 0 spiro atoms. The molecule has 3 N–H and O–H groups in total. The first-order valence-corrected chi connectivity index (χ1v) is 7.75. The number of anilines is 1. The lowest BCUT2D eigenvalue weighted by Crippen LogP contribution is -2.22. The first-order valence-electron chi connectivity index (χ1n) is 7.75. The first kappa shape index (κ1) is 18.3. The van der Waals surface area contributed by atoms with Gasteiger partial charge in [-0.1, -0.05) is 25.1 Å². The maximum atomic E-state index is 5.97. The summed E-state index contributed by atoms with van der Waals surface area (Å²) in [6.45, 7) is 4.63. The highest BCUT2D eigenvalue weighted by molar-refractivity contribution is 14.0. The number of halogens is 1. The Kier molecular flexibility index (Phi) is 6.19. The molecule has 0 radical (unpaired) electrons. The lowest BCUT2D eigenvalue weighted by Gasteiger charge is -2.06. The van der Waals surface area contributed by atoms with Crippen molar-refractivity contribution in [3.8, 4) is 0 Å². The molecule has 3 aromatic rings. The van der Waals surface area contributed by atoms with Crippen LogP contribution in [0.5, 0.6) is 0 Å². The number of nitrogens with one attached hydrogen (secondary N) is 1. The third-order valence-electron chi connectivity index (χ3n) is 3.76. The highest BCUT2D eigenvalue weighted by Crippen LogP contribution is 2.11. The van der Waals surface area contributed by atoms with Gasteiger partial charge in [-0.3, -0.25) is 0 Å². The minimum atomic E-state index is 0. The number of rotatable bonds is 4. The van der Waals surface area contributed by atoms with E-state index in [4.69, 9.17) is 5.73 Å². The normalized spacial score (nSPS) is 11.3. The molecule has 0 unspecified atom stereocenters. The van der Waals surface area contributed by atoms with Crippen molar-refractivity contribution >= 4 is 41.3 Å². The van der Waals surface area contributed by atoms with E-state index >= 15 is 0 Å². The fourth-order valence-electron chi connectivity index (χ4n) is 2.50. The molecule has 0 bridgehead atoms. The summed E-state index contributed by atoms with van der Waals surface area (Å²) >= 11 is 0. The SMILES string of the molecule is CCc1cccc(NC(N)=NCc2cn3c(C)cccc3n2)c1.I. The Morgan fingerprint density at radius 3 is 2.79 bits per heavy atom. The Morgan fingerprint density at radius 2 is 2.04 bits per heavy atom. The molecule has 126 valence electrons. The van der Waals surface area contributed by atoms with Crippen molar-refractivity contribution in [2.24, 2.45) is 10.7 Å². The number of guanidine groups is 1. The maximum Gasteiger partial charge on any atom is 0.193 e. The standard InChI is InChI=1S/C18H21N5.HI/c1-3-14-7-5-8-15(10-14)22-18(19)20-11-16-12-23-13(2)6-4-9-17(23)21-16;/h4-10,12H,3,11H2,1-2H3,(H3,19,20,22);1H. The fourth-order valence-corrected chi connectivity index (χ4v) is 2.50. The summed E-state index contributed by atoms with van der Waals surface area (Å²) in [4.78, 5) is 8.93. The van der Waals surface area contributed by atoms with Crippen LogP contribution in [0.25, 0.3) is 5.65 Å². The Hall–Kier alpha value is -2.09. The summed E-state index contributed by atoms with van der Waals surface area (Å²) in [7, 11) is 0. The van der Waals surface area contributed by atoms with Crippen LogP contribution in [-0.2, 0) is 13.0 Å². The average Bonchev–Trinajstić information content (AvgIpc) is 2.98. The van der Waals surface area contributed by atoms with Crippen LogP contribution in [0.1, 0.15) is 23.9 Å². The smallest absolute Gasteiger partial charge is 0.193 e. The summed E-state index contributed by atoms with van der Waals surface area (Å²) in [5, 5.41) is 3.13. The number of aromatic nitrogens is 2. The fraction of sp³-hybridized carbons (Fsp3) is 0.222. The molecular weight excluding hydrogens is 413 g/mol. The zero-order valence-electron chi connectivity index (χ0n) is 13.9. The molecule has 5 nitrogen and oxygen atoms in total. The molecule has 0 fully saturated rings. The molecular formula is C18H22IN5. The van der Waals surface area contributed by atoms with E-state index in [0.29, 0.717) is 12.5 Å². The molecule has 0 amide bonds. The number of nitrogens with zero attached hydrogens (tertiary/aromatic N) is 3. The third-order valence-corrected chi connectivity index (χ3v) is 3.76. The number of hydrogen-bond acceptors (Lipinski definition) is 2. The van der Waals surface area contributed by atoms with Crippen molar-refractivity contribution in [2.45, 2.75) is 26.8 Å². The van der Waals surface area contributed by atoms with Crippen LogP contribution in [-0.4, -0.2) is 15.3 Å². The van der Waals surface area contributed by atoms with E-state index in [9.17, 15) is 0 Å². The minimum absolute atomic E-state index is 0. The van der Waals surface area contributed by atoms with E-state index in [1.54, 1.807) is 0 Å². The van der Waals surface area contributed by atoms with Gasteiger partial charge in [-0.05, 0) is 43.2 Å². The van der Waals surface area contributed by atoms with Crippen molar-refractivity contribution in [3.63, 3.8) is 0 Å². The van der Waals surface area contributed by atoms with Gasteiger partial charge in [-0.15, -0.1) is 24.0 Å². The van der Waals surface area contributed by atoms with Crippen molar-refractivity contribution in [1.29, 1.82) is 0 Å². The molecule has 6 heteroatoms. The van der Waals surface area contributed by atoms with Gasteiger partial charge in [0, 0.05) is 17.6 Å². The molecule has 0 aliphatic rings. The summed E-state index contributed by atoms with van der Waals surface area (Å²) in [5.41, 5.74) is 11.2. The number of aryl methyl sites for hydroxylation is 2. The van der Waals surface area contributed by atoms with Crippen LogP contribution in [0, 0.1) is 6.92 Å². The average molecular weight is 435 g/mol. The monoisotopic (exact) mass is 435 g/mol. The summed E-state index contributed by atoms with van der Waals surface area (Å²) in [6, 6.07) is 14.2. The molecule has 3 rings (SSSR count). The zero-order valence-corrected chi connectivity index (χ0v) is 16.2. The van der Waals surface area contributed by atoms with Gasteiger partial charge in [-0.25, -0.2) is 9.98 Å². The second-order valence-electron chi connectivity index (χ2n) is 5.51. The van der Waals surface area contributed by atoms with Crippen molar-refractivity contribution in [1.82, 2.24) is 9.38 Å². The highest BCUT2D eigenvalue weighted by atomic mass is 127. The van der Waals surface area contributed by atoms with Crippen molar-refractivity contribution in [2.75, 3.05) is 5.32 Å². The number of aliphatic imine (C=N–C) groups is 1. The molecule has 0 saturated carbocycles. The zero-order chi connectivity index (χ0) is 16.2. The number of nitrogens with two attached hydrogens (primary N) is 1. The predicted octanol–water partition coefficient (Wildman–Crippen LogP) is 3.75. The first-order chi connectivity index (χ1) is 11.2. The number of pyridine rings is 1. The second-order valence-corrected chi connectivity index (χ2v) is 5.51. The number of imidazole rings is 1. The topological polar surface area (TPSA) is 67.7 Å². The highest BCUT2D eigenvalue weighted by Gasteiger charge is 2.03. The Balaban J connectivity index is 0.00000208. The van der Waals surface area contributed by atoms with Crippen LogP contribution in [0.4, 0.5) is 5.69 Å². The van der Waals surface area contributed by atoms with Gasteiger partial charge in [0.25, 0.3) is 0 Å². The van der Waals surface area contributed by atoms with E-state index in [1.807, 2.05) is 30.5 Å². The van der Waals surface area contributed by atoms with Gasteiger partial charge < -0.3 is 15.5 Å². The summed E-state index contributed by atoms with van der Waals surface area (Å²) in [6.07, 6.45) is 2.99. The molecule has 0 saturated heterocycles. The largest absolute Gasteiger partial charge is 0.370 e. The van der Waals surface area contributed by atoms with Crippen molar-refractivity contribution < 1.29 is 0 Å². The van der Waals surface area contributed by atoms with Crippen LogP contribution in [0.2, 0.25) is 0 Å². The quantitative estimate of drug-likeness (QED) is 0.373. The van der Waals surface area contributed by atoms with Gasteiger partial charge in [-0.2, -0.15) is 0 Å². The maximum absolute atomic E-state index is 5.97. The number of hydrogen-bond donors (Lipinski definition) is 2. The Bertz CT molecular complexity index is 853. The lowest BCUT2D eigenvalue weighted by molar-refractivity contribution is 1.00. The molecule has 2 aromatic heterocycles. The van der Waals surface area contributed by atoms with E-state index in [-0.39, 0.29) is 24.0 Å². The molecule has 24 heavy (non-hydrogen) atoms. The van der Waals surface area contributed by atoms with E-state index in [1.165, 1.54) is 5.56 Å². The van der Waals surface area contributed by atoms with Gasteiger partial charge in [0.05, 0.1) is 12.2 Å². The lowest BCUT2D eigenvalue weighted by atomic mass is 10.1. The second kappa shape index (κ2) is 8.14. The molecule has 1 aromatic carbocycles. The molecule has 0 aliphatic heterocycles. The third kappa shape index (κ3) is 4.25. The van der Waals surface area contributed by atoms with Crippen LogP contribution >= 0.6 is 24.0 Å². The Morgan fingerprint density at radius 1 is 1.25 bits per heavy atom. The minimum Gasteiger partial charge on any atom is -0.370 e. The van der Waals surface area contributed by atoms with Crippen LogP contribution < -0.4 is 11.1 Å². The summed E-state index contributed by atoms with van der Waals surface area (Å²) in [5.74, 6) is 0.395. The van der Waals surface area contributed by atoms with Crippen molar-refractivity contribution in [3.05, 3.63) is 65.6 Å². The van der Waals surface area contributed by atoms with Gasteiger partial charge in [0.1, 0.15) is 5.65 Å². The number of benzene rings is 1. The molecule has 2 heterocycles. The van der Waals surface area contributed by atoms with Crippen LogP contribution in [0.15, 0.2) is 53.7 Å². The van der Waals surface area contributed by atoms with Gasteiger partial charge in [0.15, 0.2) is 5.96 Å².